The largest absolute Gasteiger partial charge is 0.511 e. The van der Waals surface area contributed by atoms with Crippen LogP contribution in [-0.2, 0) is 27.2 Å². The summed E-state index contributed by atoms with van der Waals surface area (Å²) in [5, 5.41) is 46.0. The average Bonchev–Trinajstić information content (AvgIpc) is 2.92. The number of ether oxygens (including phenoxy) is 2. The molecule has 2 aromatic rings. The standard InChI is InChI=1S/C34H36O10/c1-16(2)26-28(38)24(17(3)35)30(40)34(42)31(41)27-29(39)25-21(14-32(27,4)15-33(26,34)5)18(7-12-22(25)36)13-23(37)44-20-10-8-19(43-6)9-11-20/h7-12,16,26,36,38,41-42H,13-15H2,1-6H3/t26?,32-,33-,34+/m1/s1. The molecule has 1 unspecified atom stereocenters. The summed E-state index contributed by atoms with van der Waals surface area (Å²) in [7, 11) is 1.52. The SMILES string of the molecule is COc1ccc(OC(=O)Cc2ccc(O)c3c2C[C@]2(C)C[C@]4(C)C(C(C)C)C(O)=C(C(C)=O)C(=O)[C@]4(O)C(O)=C2C3=O)cc1. The smallest absolute Gasteiger partial charge is 0.315 e. The molecule has 0 spiro atoms. The van der Waals surface area contributed by atoms with E-state index in [1.54, 1.807) is 52.0 Å². The summed E-state index contributed by atoms with van der Waals surface area (Å²) in [5.74, 6) is -5.53. The predicted octanol–water partition coefficient (Wildman–Crippen LogP) is 4.50. The van der Waals surface area contributed by atoms with Crippen molar-refractivity contribution in [3.63, 3.8) is 0 Å². The van der Waals surface area contributed by atoms with E-state index in [1.807, 2.05) is 0 Å². The van der Waals surface area contributed by atoms with Crippen molar-refractivity contribution in [2.75, 3.05) is 7.11 Å². The normalized spacial score (nSPS) is 28.0. The van der Waals surface area contributed by atoms with Crippen molar-refractivity contribution in [3.8, 4) is 17.2 Å². The summed E-state index contributed by atoms with van der Waals surface area (Å²) in [4.78, 5) is 53.4. The van der Waals surface area contributed by atoms with Gasteiger partial charge in [0.05, 0.1) is 19.1 Å². The Bertz CT molecular complexity index is 1680. The number of ketones is 3. The third-order valence-corrected chi connectivity index (χ3v) is 9.61. The molecule has 3 aliphatic rings. The molecule has 5 rings (SSSR count). The number of carbonyl (C=O) groups excluding carboxylic acids is 4. The average molecular weight is 605 g/mol. The predicted molar refractivity (Wildman–Crippen MR) is 158 cm³/mol. The number of fused-ring (bicyclic) bond motifs is 3. The molecule has 0 heterocycles. The lowest BCUT2D eigenvalue weighted by molar-refractivity contribution is -0.171. The second kappa shape index (κ2) is 10.3. The molecule has 0 fully saturated rings. The van der Waals surface area contributed by atoms with Gasteiger partial charge in [-0.05, 0) is 67.1 Å². The quantitative estimate of drug-likeness (QED) is 0.209. The van der Waals surface area contributed by atoms with E-state index in [9.17, 15) is 39.6 Å². The maximum atomic E-state index is 14.1. The zero-order chi connectivity index (χ0) is 32.5. The van der Waals surface area contributed by atoms with Crippen LogP contribution in [0.1, 0.15) is 62.5 Å². The lowest BCUT2D eigenvalue weighted by Crippen LogP contribution is -2.67. The molecule has 0 saturated heterocycles. The number of hydrogen-bond acceptors (Lipinski definition) is 10. The Hall–Kier alpha value is -4.44. The first-order chi connectivity index (χ1) is 20.5. The van der Waals surface area contributed by atoms with Gasteiger partial charge in [0.25, 0.3) is 0 Å². The summed E-state index contributed by atoms with van der Waals surface area (Å²) >= 11 is 0. The summed E-state index contributed by atoms with van der Waals surface area (Å²) in [6.45, 7) is 7.90. The van der Waals surface area contributed by atoms with E-state index in [1.165, 1.54) is 19.2 Å². The van der Waals surface area contributed by atoms with Crippen molar-refractivity contribution in [2.24, 2.45) is 22.7 Å². The number of benzene rings is 2. The second-order valence-corrected chi connectivity index (χ2v) is 12.9. The first-order valence-electron chi connectivity index (χ1n) is 14.4. The molecule has 4 atom stereocenters. The molecule has 3 aliphatic carbocycles. The van der Waals surface area contributed by atoms with Crippen LogP contribution in [0.5, 0.6) is 17.2 Å². The maximum absolute atomic E-state index is 14.1. The van der Waals surface area contributed by atoms with Crippen LogP contribution in [0.4, 0.5) is 0 Å². The van der Waals surface area contributed by atoms with E-state index >= 15 is 0 Å². The van der Waals surface area contributed by atoms with Gasteiger partial charge in [-0.15, -0.1) is 0 Å². The molecule has 232 valence electrons. The van der Waals surface area contributed by atoms with Crippen LogP contribution in [0, 0.1) is 22.7 Å². The van der Waals surface area contributed by atoms with Gasteiger partial charge in [0, 0.05) is 22.3 Å². The van der Waals surface area contributed by atoms with Crippen LogP contribution in [-0.4, -0.2) is 56.5 Å². The van der Waals surface area contributed by atoms with Crippen molar-refractivity contribution >= 4 is 23.3 Å². The fourth-order valence-corrected chi connectivity index (χ4v) is 7.93. The summed E-state index contributed by atoms with van der Waals surface area (Å²) in [6.07, 6.45) is -0.221. The molecule has 2 aromatic carbocycles. The van der Waals surface area contributed by atoms with Crippen LogP contribution in [0.25, 0.3) is 0 Å². The number of carbonyl (C=O) groups is 4. The summed E-state index contributed by atoms with van der Waals surface area (Å²) in [6, 6.07) is 9.24. The molecule has 10 nitrogen and oxygen atoms in total. The number of methoxy groups -OCH3 is 1. The third kappa shape index (κ3) is 4.26. The second-order valence-electron chi connectivity index (χ2n) is 12.9. The van der Waals surface area contributed by atoms with E-state index in [0.717, 1.165) is 6.92 Å². The minimum atomic E-state index is -2.69. The molecule has 4 N–H and O–H groups in total. The minimum absolute atomic E-state index is 0.0453. The Morgan fingerprint density at radius 2 is 1.61 bits per heavy atom. The molecule has 0 aliphatic heterocycles. The zero-order valence-corrected chi connectivity index (χ0v) is 25.5. The Kier molecular flexibility index (Phi) is 7.28. The highest BCUT2D eigenvalue weighted by atomic mass is 16.5. The fraction of sp³-hybridized carbons (Fsp3) is 0.412. The summed E-state index contributed by atoms with van der Waals surface area (Å²) in [5.41, 5.74) is -5.63. The van der Waals surface area contributed by atoms with Gasteiger partial charge in [0.2, 0.25) is 5.78 Å². The van der Waals surface area contributed by atoms with E-state index in [2.05, 4.69) is 0 Å². The minimum Gasteiger partial charge on any atom is -0.511 e. The number of aliphatic hydroxyl groups is 3. The lowest BCUT2D eigenvalue weighted by atomic mass is 9.44. The number of hydrogen-bond donors (Lipinski definition) is 4. The van der Waals surface area contributed by atoms with Crippen LogP contribution in [0.3, 0.4) is 0 Å². The molecule has 0 saturated carbocycles. The number of allylic oxidation sites excluding steroid dienone is 2. The van der Waals surface area contributed by atoms with Crippen LogP contribution in [0.15, 0.2) is 59.1 Å². The van der Waals surface area contributed by atoms with Gasteiger partial charge in [0.1, 0.15) is 34.3 Å². The fourth-order valence-electron chi connectivity index (χ4n) is 7.93. The highest BCUT2D eigenvalue weighted by Crippen LogP contribution is 2.65. The van der Waals surface area contributed by atoms with E-state index in [0.29, 0.717) is 22.6 Å². The zero-order valence-electron chi connectivity index (χ0n) is 25.5. The molecular weight excluding hydrogens is 568 g/mol. The monoisotopic (exact) mass is 604 g/mol. The van der Waals surface area contributed by atoms with Crippen molar-refractivity contribution in [1.29, 1.82) is 0 Å². The maximum Gasteiger partial charge on any atom is 0.315 e. The topological polar surface area (TPSA) is 168 Å². The number of aliphatic hydroxyl groups excluding tert-OH is 2. The Balaban J connectivity index is 1.62. The van der Waals surface area contributed by atoms with E-state index < -0.39 is 68.5 Å². The van der Waals surface area contributed by atoms with Crippen molar-refractivity contribution in [3.05, 3.63) is 75.8 Å². The van der Waals surface area contributed by atoms with Crippen molar-refractivity contribution < 1.29 is 49.1 Å². The lowest BCUT2D eigenvalue weighted by Gasteiger charge is -2.59. The summed E-state index contributed by atoms with van der Waals surface area (Å²) < 4.78 is 10.6. The van der Waals surface area contributed by atoms with Gasteiger partial charge < -0.3 is 29.9 Å². The van der Waals surface area contributed by atoms with E-state index in [-0.39, 0.29) is 36.3 Å². The number of rotatable bonds is 6. The van der Waals surface area contributed by atoms with Crippen molar-refractivity contribution in [1.82, 2.24) is 0 Å². The first kappa shape index (κ1) is 31.0. The number of aromatic hydroxyl groups is 1. The Morgan fingerprint density at radius 3 is 2.18 bits per heavy atom. The molecule has 0 radical (unpaired) electrons. The van der Waals surface area contributed by atoms with Gasteiger partial charge in [0.15, 0.2) is 17.2 Å². The van der Waals surface area contributed by atoms with Crippen molar-refractivity contribution in [2.45, 2.75) is 59.5 Å². The number of Topliss-reactive ketones (excluding diaryl/α,β-unsaturated/α-hetero) is 3. The Morgan fingerprint density at radius 1 is 1.00 bits per heavy atom. The number of phenolic OH excluding ortho intramolecular Hbond substituents is 1. The van der Waals surface area contributed by atoms with E-state index in [4.69, 9.17) is 9.47 Å². The molecular formula is C34H36O10. The highest BCUT2D eigenvalue weighted by molar-refractivity contribution is 6.25. The van der Waals surface area contributed by atoms with Crippen LogP contribution >= 0.6 is 0 Å². The highest BCUT2D eigenvalue weighted by Gasteiger charge is 2.71. The van der Waals surface area contributed by atoms with Gasteiger partial charge in [-0.3, -0.25) is 19.2 Å². The molecule has 44 heavy (non-hydrogen) atoms. The van der Waals surface area contributed by atoms with Gasteiger partial charge in [-0.2, -0.15) is 0 Å². The number of phenols is 1. The van der Waals surface area contributed by atoms with Gasteiger partial charge in [-0.25, -0.2) is 0 Å². The molecule has 10 heteroatoms. The Labute approximate surface area is 254 Å². The first-order valence-corrected chi connectivity index (χ1v) is 14.4. The van der Waals surface area contributed by atoms with Gasteiger partial charge in [-0.1, -0.05) is 33.8 Å². The van der Waals surface area contributed by atoms with Gasteiger partial charge >= 0.3 is 5.97 Å². The molecule has 0 bridgehead atoms. The third-order valence-electron chi connectivity index (χ3n) is 9.61. The van der Waals surface area contributed by atoms with Crippen LogP contribution in [0.2, 0.25) is 0 Å². The molecule has 0 aromatic heterocycles. The van der Waals surface area contributed by atoms with Crippen LogP contribution < -0.4 is 9.47 Å². The molecule has 0 amide bonds. The number of esters is 1.